The minimum absolute atomic E-state index is 0.122. The van der Waals surface area contributed by atoms with Crippen LogP contribution in [-0.4, -0.2) is 20.5 Å². The number of nitrogens with two attached hydrogens (primary N) is 1. The number of nitrogens with one attached hydrogen (secondary N) is 1. The van der Waals surface area contributed by atoms with Crippen LogP contribution in [-0.2, 0) is 0 Å². The highest BCUT2D eigenvalue weighted by Gasteiger charge is 2.31. The van der Waals surface area contributed by atoms with E-state index in [0.29, 0.717) is 11.4 Å². The molecule has 3 N–H and O–H groups in total. The fraction of sp³-hybridized carbons (Fsp3) is 0.375. The molecule has 0 saturated carbocycles. The molecule has 150 valence electrons. The second-order valence-electron chi connectivity index (χ2n) is 8.98. The summed E-state index contributed by atoms with van der Waals surface area (Å²) in [6.45, 7) is 8.66. The molecule has 1 aliphatic carbocycles. The van der Waals surface area contributed by atoms with Crippen LogP contribution in [0.5, 0.6) is 0 Å². The van der Waals surface area contributed by atoms with Gasteiger partial charge >= 0.3 is 0 Å². The predicted molar refractivity (Wildman–Crippen MR) is 118 cm³/mol. The van der Waals surface area contributed by atoms with Crippen molar-refractivity contribution < 1.29 is 0 Å². The van der Waals surface area contributed by atoms with Gasteiger partial charge in [-0.3, -0.25) is 10.1 Å². The van der Waals surface area contributed by atoms with Crippen LogP contribution < -0.4 is 5.73 Å². The average Bonchev–Trinajstić information content (AvgIpc) is 3.22. The molecule has 0 amide bonds. The smallest absolute Gasteiger partial charge is 0.181 e. The molecule has 5 nitrogen and oxygen atoms in total. The third-order valence-electron chi connectivity index (χ3n) is 5.85. The van der Waals surface area contributed by atoms with Crippen LogP contribution in [0.2, 0.25) is 0 Å². The topological polar surface area (TPSA) is 80.6 Å². The van der Waals surface area contributed by atoms with Crippen molar-refractivity contribution in [2.75, 3.05) is 0 Å². The summed E-state index contributed by atoms with van der Waals surface area (Å²) < 4.78 is 2.00. The van der Waals surface area contributed by atoms with Crippen LogP contribution >= 0.6 is 0 Å². The van der Waals surface area contributed by atoms with Crippen molar-refractivity contribution in [3.8, 4) is 0 Å². The first-order valence-electron chi connectivity index (χ1n) is 10.3. The van der Waals surface area contributed by atoms with Crippen LogP contribution in [0.4, 0.5) is 0 Å². The maximum absolute atomic E-state index is 8.69. The lowest BCUT2D eigenvalue weighted by atomic mass is 9.88. The van der Waals surface area contributed by atoms with E-state index >= 15 is 0 Å². The maximum atomic E-state index is 8.69. The van der Waals surface area contributed by atoms with E-state index in [2.05, 4.69) is 56.9 Å². The van der Waals surface area contributed by atoms with Gasteiger partial charge in [-0.15, -0.1) is 0 Å². The molecule has 0 aliphatic heterocycles. The lowest BCUT2D eigenvalue weighted by Crippen LogP contribution is -2.10. The van der Waals surface area contributed by atoms with E-state index in [1.54, 1.807) is 6.20 Å². The summed E-state index contributed by atoms with van der Waals surface area (Å²) in [6.07, 6.45) is 6.41. The van der Waals surface area contributed by atoms with Crippen LogP contribution in [0.25, 0.3) is 11.0 Å². The number of nitrogens with zero attached hydrogens (tertiary/aromatic N) is 3. The van der Waals surface area contributed by atoms with Gasteiger partial charge in [0.05, 0.1) is 11.8 Å². The van der Waals surface area contributed by atoms with Crippen molar-refractivity contribution in [2.45, 2.75) is 53.0 Å². The van der Waals surface area contributed by atoms with Crippen molar-refractivity contribution in [2.24, 2.45) is 11.1 Å². The molecule has 0 radical (unpaired) electrons. The Balaban J connectivity index is 1.67. The molecule has 1 aromatic carbocycles. The van der Waals surface area contributed by atoms with Gasteiger partial charge in [0.15, 0.2) is 5.65 Å². The lowest BCUT2D eigenvalue weighted by molar-refractivity contribution is 0.390. The zero-order valence-corrected chi connectivity index (χ0v) is 17.7. The average molecular weight is 388 g/mol. The quantitative estimate of drug-likeness (QED) is 0.595. The van der Waals surface area contributed by atoms with E-state index in [1.165, 1.54) is 11.1 Å². The van der Waals surface area contributed by atoms with E-state index in [-0.39, 0.29) is 11.5 Å². The highest BCUT2D eigenvalue weighted by molar-refractivity contribution is 6.12. The standard InChI is InChI=1S/C24H29N5/c1-5-21(16-8-6-15(2)7-9-16)29-14-18-10-17(13-27-23(18)28-29)22(26)19-11-24(3,4)12-20(19)25/h6-10,13-14,21,26H,5,11-12,25H2,1-4H3. The van der Waals surface area contributed by atoms with Crippen LogP contribution in [0.1, 0.15) is 62.8 Å². The van der Waals surface area contributed by atoms with Crippen LogP contribution in [0, 0.1) is 17.7 Å². The van der Waals surface area contributed by atoms with Crippen molar-refractivity contribution in [3.63, 3.8) is 0 Å². The minimum Gasteiger partial charge on any atom is -0.402 e. The number of aryl methyl sites for hydroxylation is 1. The third-order valence-corrected chi connectivity index (χ3v) is 5.85. The van der Waals surface area contributed by atoms with Crippen molar-refractivity contribution in [1.29, 1.82) is 5.41 Å². The Hall–Kier alpha value is -2.95. The molecule has 0 fully saturated rings. The van der Waals surface area contributed by atoms with Gasteiger partial charge < -0.3 is 5.73 Å². The second-order valence-corrected chi connectivity index (χ2v) is 8.98. The minimum atomic E-state index is 0.122. The molecule has 5 heteroatoms. The summed E-state index contributed by atoms with van der Waals surface area (Å²) in [6, 6.07) is 10.8. The first-order valence-corrected chi connectivity index (χ1v) is 10.3. The summed E-state index contributed by atoms with van der Waals surface area (Å²) in [4.78, 5) is 4.54. The number of aromatic nitrogens is 3. The van der Waals surface area contributed by atoms with E-state index < -0.39 is 0 Å². The highest BCUT2D eigenvalue weighted by atomic mass is 15.3. The number of hydrogen-bond acceptors (Lipinski definition) is 4. The lowest BCUT2D eigenvalue weighted by Gasteiger charge is -2.16. The van der Waals surface area contributed by atoms with E-state index in [9.17, 15) is 0 Å². The summed E-state index contributed by atoms with van der Waals surface area (Å²) >= 11 is 0. The van der Waals surface area contributed by atoms with E-state index in [0.717, 1.165) is 41.5 Å². The number of rotatable bonds is 5. The molecule has 1 unspecified atom stereocenters. The van der Waals surface area contributed by atoms with Gasteiger partial charge in [-0.05, 0) is 48.8 Å². The molecule has 4 rings (SSSR count). The number of fused-ring (bicyclic) bond motifs is 1. The normalized spacial score (nSPS) is 17.1. The molecule has 2 aromatic heterocycles. The molecule has 0 saturated heterocycles. The molecule has 29 heavy (non-hydrogen) atoms. The Bertz CT molecular complexity index is 1100. The number of hydrogen-bond donors (Lipinski definition) is 2. The largest absolute Gasteiger partial charge is 0.402 e. The maximum Gasteiger partial charge on any atom is 0.181 e. The monoisotopic (exact) mass is 387 g/mol. The molecule has 0 spiro atoms. The van der Waals surface area contributed by atoms with Crippen LogP contribution in [0.15, 0.2) is 54.0 Å². The zero-order valence-electron chi connectivity index (χ0n) is 17.7. The molecule has 0 bridgehead atoms. The van der Waals surface area contributed by atoms with Gasteiger partial charge in [0.1, 0.15) is 0 Å². The molecular weight excluding hydrogens is 358 g/mol. The molecule has 1 aliphatic rings. The van der Waals surface area contributed by atoms with Gasteiger partial charge in [-0.25, -0.2) is 4.98 Å². The fourth-order valence-electron chi connectivity index (χ4n) is 4.29. The molecule has 1 atom stereocenters. The summed E-state index contributed by atoms with van der Waals surface area (Å²) in [5, 5.41) is 14.4. The second kappa shape index (κ2) is 7.14. The Morgan fingerprint density at radius 3 is 2.59 bits per heavy atom. The number of benzene rings is 1. The van der Waals surface area contributed by atoms with E-state index in [1.807, 2.05) is 16.9 Å². The molecule has 3 aromatic rings. The van der Waals surface area contributed by atoms with Crippen molar-refractivity contribution in [1.82, 2.24) is 14.8 Å². The number of allylic oxidation sites excluding steroid dienone is 2. The van der Waals surface area contributed by atoms with Crippen LogP contribution in [0.3, 0.4) is 0 Å². The third kappa shape index (κ3) is 3.69. The van der Waals surface area contributed by atoms with Gasteiger partial charge in [-0.1, -0.05) is 50.6 Å². The Morgan fingerprint density at radius 2 is 1.97 bits per heavy atom. The molecular formula is C24H29N5. The van der Waals surface area contributed by atoms with Gasteiger partial charge in [0.2, 0.25) is 0 Å². The van der Waals surface area contributed by atoms with Gasteiger partial charge in [0.25, 0.3) is 0 Å². The van der Waals surface area contributed by atoms with E-state index in [4.69, 9.17) is 16.2 Å². The SMILES string of the molecule is CCC(c1ccc(C)cc1)n1cc2cc(C(=N)C3=C(N)CC(C)(C)C3)cnc2n1. The first kappa shape index (κ1) is 19.4. The first-order chi connectivity index (χ1) is 13.8. The fourth-order valence-corrected chi connectivity index (χ4v) is 4.29. The summed E-state index contributed by atoms with van der Waals surface area (Å²) in [5.74, 6) is 0. The zero-order chi connectivity index (χ0) is 20.8. The Kier molecular flexibility index (Phi) is 4.77. The Morgan fingerprint density at radius 1 is 1.24 bits per heavy atom. The van der Waals surface area contributed by atoms with Gasteiger partial charge in [0, 0.05) is 29.0 Å². The van der Waals surface area contributed by atoms with Crippen molar-refractivity contribution >= 4 is 16.7 Å². The Labute approximate surface area is 172 Å². The van der Waals surface area contributed by atoms with Crippen molar-refractivity contribution in [3.05, 3.63) is 70.7 Å². The molecule has 2 heterocycles. The predicted octanol–water partition coefficient (Wildman–Crippen LogP) is 5.14. The van der Waals surface area contributed by atoms with Gasteiger partial charge in [-0.2, -0.15) is 5.10 Å². The highest BCUT2D eigenvalue weighted by Crippen LogP contribution is 2.40. The summed E-state index contributed by atoms with van der Waals surface area (Å²) in [7, 11) is 0. The number of pyridine rings is 1. The summed E-state index contributed by atoms with van der Waals surface area (Å²) in [5.41, 5.74) is 12.6.